The maximum Gasteiger partial charge on any atom is 0.304 e. The van der Waals surface area contributed by atoms with Crippen molar-refractivity contribution in [2.45, 2.75) is 108 Å². The summed E-state index contributed by atoms with van der Waals surface area (Å²) in [5.74, 6) is 0.215. The molecule has 0 radical (unpaired) electrons. The minimum absolute atomic E-state index is 0.0790. The Morgan fingerprint density at radius 1 is 1.15 bits per heavy atom. The van der Waals surface area contributed by atoms with Crippen LogP contribution in [0.25, 0.3) is 0 Å². The molecule has 3 heterocycles. The normalized spacial score (nSPS) is 25.7. The average Bonchev–Trinajstić information content (AvgIpc) is 3.59. The number of rotatable bonds is 13. The molecule has 7 nitrogen and oxygen atoms in total. The van der Waals surface area contributed by atoms with E-state index in [1.165, 1.54) is 51.2 Å². The van der Waals surface area contributed by atoms with Crippen molar-refractivity contribution in [3.8, 4) is 0 Å². The van der Waals surface area contributed by atoms with Crippen molar-refractivity contribution in [2.75, 3.05) is 6.54 Å². The van der Waals surface area contributed by atoms with E-state index in [2.05, 4.69) is 16.4 Å². The topological polar surface area (TPSA) is 102 Å². The number of allylic oxidation sites excluding steroid dienone is 2. The number of hydrogen-bond donors (Lipinski definition) is 2. The molecule has 1 aromatic heterocycles. The molecule has 2 aliphatic heterocycles. The molecule has 3 aliphatic rings. The SMILES string of the molecule is O=C(O)C[C@H](C/C=C\C[C@@H]1C[C@@H]2CCC1O2)c1nc(C(=O)NCCCCC2CCCCC2)co1. The van der Waals surface area contributed by atoms with Crippen LogP contribution in [0.4, 0.5) is 0 Å². The van der Waals surface area contributed by atoms with Crippen LogP contribution in [0.2, 0.25) is 0 Å². The second kappa shape index (κ2) is 12.5. The first kappa shape index (κ1) is 25.0. The van der Waals surface area contributed by atoms with Crippen LogP contribution in [0.15, 0.2) is 22.8 Å². The first-order valence-corrected chi connectivity index (χ1v) is 13.3. The molecule has 1 unspecified atom stereocenters. The van der Waals surface area contributed by atoms with Crippen molar-refractivity contribution in [3.05, 3.63) is 30.0 Å². The Morgan fingerprint density at radius 3 is 2.74 bits per heavy atom. The lowest BCUT2D eigenvalue weighted by atomic mass is 9.86. The molecule has 2 bridgehead atoms. The van der Waals surface area contributed by atoms with E-state index in [1.807, 2.05) is 6.08 Å². The van der Waals surface area contributed by atoms with Crippen molar-refractivity contribution < 1.29 is 23.8 Å². The van der Waals surface area contributed by atoms with E-state index in [1.54, 1.807) is 0 Å². The summed E-state index contributed by atoms with van der Waals surface area (Å²) in [6.07, 6.45) is 21.4. The maximum absolute atomic E-state index is 12.5. The van der Waals surface area contributed by atoms with Crippen LogP contribution in [0.1, 0.15) is 112 Å². The maximum atomic E-state index is 12.5. The average molecular weight is 473 g/mol. The summed E-state index contributed by atoms with van der Waals surface area (Å²) < 4.78 is 11.4. The molecule has 3 fully saturated rings. The number of nitrogens with one attached hydrogen (secondary N) is 1. The third kappa shape index (κ3) is 7.17. The van der Waals surface area contributed by atoms with Gasteiger partial charge in [0.15, 0.2) is 11.6 Å². The quantitative estimate of drug-likeness (QED) is 0.285. The number of hydrogen-bond acceptors (Lipinski definition) is 5. The Balaban J connectivity index is 1.19. The highest BCUT2D eigenvalue weighted by atomic mass is 16.5. The van der Waals surface area contributed by atoms with E-state index in [-0.39, 0.29) is 23.9 Å². The van der Waals surface area contributed by atoms with E-state index < -0.39 is 5.97 Å². The lowest BCUT2D eigenvalue weighted by molar-refractivity contribution is -0.137. The van der Waals surface area contributed by atoms with Crippen molar-refractivity contribution >= 4 is 11.9 Å². The number of aromatic nitrogens is 1. The molecular formula is C27H40N2O5. The summed E-state index contributed by atoms with van der Waals surface area (Å²) in [7, 11) is 0. The number of unbranched alkanes of at least 4 members (excludes halogenated alkanes) is 1. The Morgan fingerprint density at radius 2 is 2.00 bits per heavy atom. The van der Waals surface area contributed by atoms with Gasteiger partial charge in [0.25, 0.3) is 5.91 Å². The van der Waals surface area contributed by atoms with Gasteiger partial charge in [-0.25, -0.2) is 4.98 Å². The third-order valence-electron chi connectivity index (χ3n) is 7.83. The summed E-state index contributed by atoms with van der Waals surface area (Å²) in [6.45, 7) is 0.627. The van der Waals surface area contributed by atoms with Gasteiger partial charge in [-0.15, -0.1) is 0 Å². The number of aliphatic carboxylic acids is 1. The van der Waals surface area contributed by atoms with Crippen LogP contribution in [0.5, 0.6) is 0 Å². The molecule has 1 aliphatic carbocycles. The second-order valence-corrected chi connectivity index (χ2v) is 10.4. The number of oxazole rings is 1. The standard InChI is InChI=1S/C27H40N2O5/c30-25(31)17-21(12-5-4-11-20-16-22-13-14-24(20)34-22)27-29-23(18-33-27)26(32)28-15-7-6-10-19-8-2-1-3-9-19/h4-5,18-22,24H,1-3,6-17H2,(H,28,32)(H,30,31)/b5-4-/t20-,21+,22+,24?/m1/s1. The highest BCUT2D eigenvalue weighted by Crippen LogP contribution is 2.40. The summed E-state index contributed by atoms with van der Waals surface area (Å²) in [5, 5.41) is 12.3. The molecule has 2 N–H and O–H groups in total. The molecule has 0 spiro atoms. The van der Waals surface area contributed by atoms with Crippen LogP contribution >= 0.6 is 0 Å². The minimum Gasteiger partial charge on any atom is -0.481 e. The fourth-order valence-corrected chi connectivity index (χ4v) is 5.91. The number of ether oxygens (including phenoxy) is 1. The number of nitrogens with zero attached hydrogens (tertiary/aromatic N) is 1. The van der Waals surface area contributed by atoms with Crippen LogP contribution in [-0.2, 0) is 9.53 Å². The Kier molecular flexibility index (Phi) is 9.19. The van der Waals surface area contributed by atoms with E-state index in [0.717, 1.165) is 38.0 Å². The Hall–Kier alpha value is -2.15. The molecule has 1 amide bonds. The van der Waals surface area contributed by atoms with Gasteiger partial charge in [0.1, 0.15) is 6.26 Å². The summed E-state index contributed by atoms with van der Waals surface area (Å²) in [6, 6.07) is 0. The first-order valence-electron chi connectivity index (χ1n) is 13.3. The molecule has 7 heteroatoms. The fourth-order valence-electron chi connectivity index (χ4n) is 5.91. The molecule has 34 heavy (non-hydrogen) atoms. The van der Waals surface area contributed by atoms with Gasteiger partial charge in [0, 0.05) is 12.5 Å². The Labute approximate surface area is 202 Å². The highest BCUT2D eigenvalue weighted by Gasteiger charge is 2.39. The largest absolute Gasteiger partial charge is 0.481 e. The van der Waals surface area contributed by atoms with Gasteiger partial charge >= 0.3 is 5.97 Å². The van der Waals surface area contributed by atoms with E-state index in [4.69, 9.17) is 9.15 Å². The van der Waals surface area contributed by atoms with Crippen molar-refractivity contribution in [1.82, 2.24) is 10.3 Å². The second-order valence-electron chi connectivity index (χ2n) is 10.4. The van der Waals surface area contributed by atoms with E-state index in [9.17, 15) is 14.7 Å². The first-order chi connectivity index (χ1) is 16.6. The lowest BCUT2D eigenvalue weighted by Crippen LogP contribution is -2.25. The number of carboxylic acid groups (broad SMARTS) is 1. The zero-order valence-corrected chi connectivity index (χ0v) is 20.3. The molecular weight excluding hydrogens is 432 g/mol. The monoisotopic (exact) mass is 472 g/mol. The fraction of sp³-hybridized carbons (Fsp3) is 0.741. The van der Waals surface area contributed by atoms with Gasteiger partial charge in [-0.05, 0) is 50.4 Å². The van der Waals surface area contributed by atoms with Gasteiger partial charge in [0.05, 0.1) is 18.6 Å². The lowest BCUT2D eigenvalue weighted by Gasteiger charge is -2.21. The molecule has 4 rings (SSSR count). The zero-order valence-electron chi connectivity index (χ0n) is 20.3. The van der Waals surface area contributed by atoms with E-state index in [0.29, 0.717) is 37.0 Å². The van der Waals surface area contributed by atoms with Crippen LogP contribution in [0, 0.1) is 11.8 Å². The van der Waals surface area contributed by atoms with Gasteiger partial charge in [-0.3, -0.25) is 9.59 Å². The summed E-state index contributed by atoms with van der Waals surface area (Å²) >= 11 is 0. The van der Waals surface area contributed by atoms with Gasteiger partial charge in [0.2, 0.25) is 0 Å². The van der Waals surface area contributed by atoms with Crippen molar-refractivity contribution in [2.24, 2.45) is 11.8 Å². The molecule has 1 aromatic rings. The van der Waals surface area contributed by atoms with Crippen molar-refractivity contribution in [3.63, 3.8) is 0 Å². The number of carbonyl (C=O) groups excluding carboxylic acids is 1. The summed E-state index contributed by atoms with van der Waals surface area (Å²) in [4.78, 5) is 28.2. The predicted molar refractivity (Wildman–Crippen MR) is 129 cm³/mol. The minimum atomic E-state index is -0.901. The molecule has 1 saturated carbocycles. The summed E-state index contributed by atoms with van der Waals surface area (Å²) in [5.41, 5.74) is 0.223. The Bertz CT molecular complexity index is 829. The number of carboxylic acids is 1. The zero-order chi connectivity index (χ0) is 23.8. The molecule has 0 aromatic carbocycles. The van der Waals surface area contributed by atoms with Crippen molar-refractivity contribution in [1.29, 1.82) is 0 Å². The number of amides is 1. The van der Waals surface area contributed by atoms with Crippen LogP contribution in [-0.4, -0.2) is 40.7 Å². The molecule has 2 saturated heterocycles. The van der Waals surface area contributed by atoms with Gasteiger partial charge in [-0.1, -0.05) is 57.1 Å². The van der Waals surface area contributed by atoms with Gasteiger partial charge in [-0.2, -0.15) is 0 Å². The highest BCUT2D eigenvalue weighted by molar-refractivity contribution is 5.91. The smallest absolute Gasteiger partial charge is 0.304 e. The molecule has 4 atom stereocenters. The van der Waals surface area contributed by atoms with Crippen LogP contribution < -0.4 is 5.32 Å². The van der Waals surface area contributed by atoms with E-state index >= 15 is 0 Å². The molecule has 188 valence electrons. The number of fused-ring (bicyclic) bond motifs is 2. The van der Waals surface area contributed by atoms with Crippen LogP contribution in [0.3, 0.4) is 0 Å². The third-order valence-corrected chi connectivity index (χ3v) is 7.83. The number of carbonyl (C=O) groups is 2. The predicted octanol–water partition coefficient (Wildman–Crippen LogP) is 5.62. The van der Waals surface area contributed by atoms with Gasteiger partial charge < -0.3 is 19.6 Å².